The second-order valence-electron chi connectivity index (χ2n) is 12.1. The minimum Gasteiger partial charge on any atom is -0.504 e. The average Bonchev–Trinajstić information content (AvgIpc) is 2.97. The zero-order chi connectivity index (χ0) is 30.1. The number of aliphatic hydroxyl groups is 2. The van der Waals surface area contributed by atoms with Crippen LogP contribution in [0.1, 0.15) is 82.3 Å². The Bertz CT molecular complexity index is 1160. The molecule has 1 heterocycles. The molecule has 2 fully saturated rings. The predicted octanol–water partition coefficient (Wildman–Crippen LogP) is 2.51. The number of guanidine groups is 1. The normalized spacial score (nSPS) is 29.3. The first-order valence-corrected chi connectivity index (χ1v) is 15.4. The molecule has 1 aromatic rings. The lowest BCUT2D eigenvalue weighted by Gasteiger charge is -2.42. The summed E-state index contributed by atoms with van der Waals surface area (Å²) in [6.07, 6.45) is 6.80. The number of aliphatic imine (C=N–C) groups is 1. The molecule has 7 N–H and O–H groups in total. The highest BCUT2D eigenvalue weighted by Gasteiger charge is 2.41. The third-order valence-electron chi connectivity index (χ3n) is 9.08. The van der Waals surface area contributed by atoms with Gasteiger partial charge in [0.05, 0.1) is 18.1 Å². The van der Waals surface area contributed by atoms with Crippen molar-refractivity contribution in [2.45, 2.75) is 109 Å². The van der Waals surface area contributed by atoms with Crippen molar-refractivity contribution in [2.24, 2.45) is 22.1 Å². The van der Waals surface area contributed by atoms with E-state index < -0.39 is 18.2 Å². The van der Waals surface area contributed by atoms with Crippen molar-refractivity contribution in [3.63, 3.8) is 0 Å². The monoisotopic (exact) mass is 584 g/mol. The van der Waals surface area contributed by atoms with Crippen molar-refractivity contribution in [1.82, 2.24) is 10.6 Å². The summed E-state index contributed by atoms with van der Waals surface area (Å²) in [4.78, 5) is 16.3. The van der Waals surface area contributed by atoms with Crippen LogP contribution >= 0.6 is 0 Å². The van der Waals surface area contributed by atoms with E-state index in [9.17, 15) is 20.1 Å². The summed E-state index contributed by atoms with van der Waals surface area (Å²) in [6, 6.07) is 3.39. The summed E-state index contributed by atoms with van der Waals surface area (Å²) in [6.45, 7) is 2.84. The minimum absolute atomic E-state index is 0.00605. The number of ether oxygens (including phenoxy) is 2. The molecular weight excluding hydrogens is 536 g/mol. The van der Waals surface area contributed by atoms with Gasteiger partial charge in [-0.05, 0) is 81.3 Å². The molecule has 5 atom stereocenters. The molecule has 2 aliphatic carbocycles. The summed E-state index contributed by atoms with van der Waals surface area (Å²) in [5, 5.41) is 38.7. The van der Waals surface area contributed by atoms with Gasteiger partial charge in [0.15, 0.2) is 17.5 Å². The van der Waals surface area contributed by atoms with Crippen LogP contribution in [0.2, 0.25) is 0 Å². The van der Waals surface area contributed by atoms with Crippen LogP contribution in [-0.4, -0.2) is 71.7 Å². The predicted molar refractivity (Wildman–Crippen MR) is 161 cm³/mol. The van der Waals surface area contributed by atoms with Crippen LogP contribution in [0.3, 0.4) is 0 Å². The Hall–Kier alpha value is -3.00. The largest absolute Gasteiger partial charge is 0.504 e. The quantitative estimate of drug-likeness (QED) is 0.123. The number of hydrogen-bond donors (Lipinski definition) is 6. The summed E-state index contributed by atoms with van der Waals surface area (Å²) < 4.78 is 12.0. The molecule has 1 aliphatic heterocycles. The Morgan fingerprint density at radius 2 is 1.98 bits per heavy atom. The number of esters is 1. The fraction of sp³-hybridized carbons (Fsp3) is 0.688. The van der Waals surface area contributed by atoms with E-state index in [1.807, 2.05) is 0 Å². The number of carbonyl (C=O) groups is 1. The summed E-state index contributed by atoms with van der Waals surface area (Å²) in [5.74, 6) is 7.17. The molecule has 232 valence electrons. The van der Waals surface area contributed by atoms with Crippen molar-refractivity contribution >= 4 is 11.9 Å². The van der Waals surface area contributed by atoms with Crippen LogP contribution in [0.15, 0.2) is 17.1 Å². The first kappa shape index (κ1) is 31.9. The number of aliphatic hydroxyl groups excluding tert-OH is 2. The van der Waals surface area contributed by atoms with E-state index in [1.165, 1.54) is 6.92 Å². The fourth-order valence-electron chi connectivity index (χ4n) is 6.72. The number of nitrogens with one attached hydrogen (secondary N) is 2. The maximum Gasteiger partial charge on any atom is 0.302 e. The maximum absolute atomic E-state index is 12.2. The summed E-state index contributed by atoms with van der Waals surface area (Å²) in [7, 11) is 1.66. The van der Waals surface area contributed by atoms with Gasteiger partial charge in [0.25, 0.3) is 0 Å². The molecule has 3 aliphatic rings. The standard InChI is InChI=1S/C32H48N4O6/c1-21(38)41-28-19-25(39)8-13-32(11-4-3-7-30(32)36-31(33)34-2)12-5-6-22(28)16-23-18-29(27(40)17-24(23)20-37)42-26-9-14-35-15-10-26/h17-18,22,25-26,28,30,35,37,39-40H,3-4,6-11,13-16,19-20H2,1-2H3,(H3,33,34,36). The molecule has 1 saturated carbocycles. The molecule has 42 heavy (non-hydrogen) atoms. The number of phenolic OH excluding ortho intramolecular Hbond substituents is 1. The number of phenols is 1. The smallest absolute Gasteiger partial charge is 0.302 e. The number of hydrogen-bond acceptors (Lipinski definition) is 8. The second kappa shape index (κ2) is 14.9. The van der Waals surface area contributed by atoms with Crippen molar-refractivity contribution in [3.8, 4) is 23.3 Å². The summed E-state index contributed by atoms with van der Waals surface area (Å²) in [5.41, 5.74) is 7.10. The van der Waals surface area contributed by atoms with Gasteiger partial charge in [-0.15, -0.1) is 5.92 Å². The van der Waals surface area contributed by atoms with E-state index in [0.717, 1.165) is 57.2 Å². The Morgan fingerprint density at radius 1 is 1.19 bits per heavy atom. The highest BCUT2D eigenvalue weighted by Crippen LogP contribution is 2.42. The molecule has 1 aromatic carbocycles. The topological polar surface area (TPSA) is 159 Å². The molecule has 10 nitrogen and oxygen atoms in total. The van der Waals surface area contributed by atoms with Crippen molar-refractivity contribution in [2.75, 3.05) is 20.1 Å². The number of carbonyl (C=O) groups excluding carboxylic acids is 1. The minimum atomic E-state index is -0.677. The lowest BCUT2D eigenvalue weighted by atomic mass is 9.67. The zero-order valence-electron chi connectivity index (χ0n) is 25.0. The van der Waals surface area contributed by atoms with Gasteiger partial charge < -0.3 is 41.2 Å². The molecule has 1 saturated heterocycles. The van der Waals surface area contributed by atoms with E-state index in [1.54, 1.807) is 19.2 Å². The highest BCUT2D eigenvalue weighted by molar-refractivity contribution is 5.78. The fourth-order valence-corrected chi connectivity index (χ4v) is 6.72. The lowest BCUT2D eigenvalue weighted by Crippen LogP contribution is -2.51. The van der Waals surface area contributed by atoms with Crippen LogP contribution in [0, 0.1) is 23.2 Å². The third-order valence-corrected chi connectivity index (χ3v) is 9.08. The van der Waals surface area contributed by atoms with Crippen LogP contribution < -0.4 is 21.1 Å². The van der Waals surface area contributed by atoms with E-state index in [0.29, 0.717) is 49.4 Å². The van der Waals surface area contributed by atoms with Gasteiger partial charge in [0.1, 0.15) is 12.2 Å². The Balaban J connectivity index is 1.66. The lowest BCUT2D eigenvalue weighted by molar-refractivity contribution is -0.151. The van der Waals surface area contributed by atoms with Crippen molar-refractivity contribution in [3.05, 3.63) is 23.3 Å². The molecule has 0 radical (unpaired) electrons. The van der Waals surface area contributed by atoms with Crippen molar-refractivity contribution in [1.29, 1.82) is 0 Å². The van der Waals surface area contributed by atoms with Gasteiger partial charge in [-0.1, -0.05) is 18.8 Å². The van der Waals surface area contributed by atoms with Gasteiger partial charge in [0.2, 0.25) is 0 Å². The van der Waals surface area contributed by atoms with Gasteiger partial charge in [-0.25, -0.2) is 0 Å². The average molecular weight is 585 g/mol. The number of piperidine rings is 1. The highest BCUT2D eigenvalue weighted by atomic mass is 16.5. The molecule has 10 heteroatoms. The van der Waals surface area contributed by atoms with Crippen LogP contribution in [0.5, 0.6) is 11.5 Å². The third kappa shape index (κ3) is 8.30. The summed E-state index contributed by atoms with van der Waals surface area (Å²) >= 11 is 0. The van der Waals surface area contributed by atoms with Crippen molar-refractivity contribution < 1.29 is 29.6 Å². The first-order chi connectivity index (χ1) is 20.2. The molecular formula is C32H48N4O6. The first-order valence-electron chi connectivity index (χ1n) is 15.4. The Kier molecular flexibility index (Phi) is 11.4. The van der Waals surface area contributed by atoms with Crippen LogP contribution in [0.25, 0.3) is 0 Å². The van der Waals surface area contributed by atoms with E-state index >= 15 is 0 Å². The zero-order valence-corrected chi connectivity index (χ0v) is 25.0. The number of nitrogens with zero attached hydrogens (tertiary/aromatic N) is 1. The molecule has 0 aromatic heterocycles. The molecule has 0 amide bonds. The Labute approximate surface area is 249 Å². The number of nitrogens with two attached hydrogens (primary N) is 1. The molecule has 1 spiro atoms. The maximum atomic E-state index is 12.2. The van der Waals surface area contributed by atoms with Crippen LogP contribution in [0.4, 0.5) is 0 Å². The van der Waals surface area contributed by atoms with E-state index in [2.05, 4.69) is 27.5 Å². The molecule has 5 unspecified atom stereocenters. The van der Waals surface area contributed by atoms with Crippen LogP contribution in [-0.2, 0) is 22.6 Å². The van der Waals surface area contributed by atoms with E-state index in [-0.39, 0.29) is 35.8 Å². The van der Waals surface area contributed by atoms with Gasteiger partial charge in [-0.2, -0.15) is 0 Å². The van der Waals surface area contributed by atoms with Gasteiger partial charge >= 0.3 is 5.97 Å². The van der Waals surface area contributed by atoms with Gasteiger partial charge in [-0.3, -0.25) is 9.79 Å². The number of aromatic hydroxyl groups is 1. The van der Waals surface area contributed by atoms with Gasteiger partial charge in [0, 0.05) is 38.8 Å². The second-order valence-corrected chi connectivity index (χ2v) is 12.1. The molecule has 0 bridgehead atoms. The Morgan fingerprint density at radius 3 is 2.69 bits per heavy atom. The number of rotatable bonds is 7. The number of benzene rings is 1. The van der Waals surface area contributed by atoms with E-state index in [4.69, 9.17) is 15.2 Å². The molecule has 4 rings (SSSR count). The SMILES string of the molecule is CN=C(N)NC1CCCCC12C#CCC(Cc1cc(OC3CCNCC3)c(O)cc1CO)C(OC(C)=O)CC(O)CC2.